The van der Waals surface area contributed by atoms with E-state index < -0.39 is 17.4 Å². The summed E-state index contributed by atoms with van der Waals surface area (Å²) in [5.41, 5.74) is -0.661. The molecule has 0 saturated carbocycles. The smallest absolute Gasteiger partial charge is 0.379 e. The summed E-state index contributed by atoms with van der Waals surface area (Å²) in [6.07, 6.45) is 4.04. The zero-order valence-electron chi connectivity index (χ0n) is 9.52. The molecule has 0 atom stereocenters. The van der Waals surface area contributed by atoms with Crippen LogP contribution in [0.2, 0.25) is 0 Å². The molecule has 1 rings (SSSR count). The fraction of sp³-hybridized carbons (Fsp3) is 0.333. The summed E-state index contributed by atoms with van der Waals surface area (Å²) in [5.74, 6) is -1.06. The Labute approximate surface area is 93.9 Å². The van der Waals surface area contributed by atoms with Crippen LogP contribution in [0.25, 0.3) is 6.08 Å². The largest absolute Gasteiger partial charge is 0.465 e. The first-order chi connectivity index (χ1) is 7.38. The van der Waals surface area contributed by atoms with E-state index in [4.69, 9.17) is 9.15 Å². The molecular weight excluding hydrogens is 208 g/mol. The first-order valence-electron chi connectivity index (χ1n) is 4.87. The molecule has 0 aliphatic carbocycles. The van der Waals surface area contributed by atoms with E-state index in [0.29, 0.717) is 5.76 Å². The van der Waals surface area contributed by atoms with E-state index in [1.807, 2.05) is 0 Å². The number of hydrogen-bond acceptors (Lipinski definition) is 4. The second kappa shape index (κ2) is 4.79. The molecule has 0 saturated heterocycles. The maximum Gasteiger partial charge on any atom is 0.379 e. The van der Waals surface area contributed by atoms with Gasteiger partial charge >= 0.3 is 5.97 Å². The molecule has 0 amide bonds. The van der Waals surface area contributed by atoms with Crippen molar-refractivity contribution in [2.24, 2.45) is 0 Å². The van der Waals surface area contributed by atoms with Crippen LogP contribution in [-0.2, 0) is 14.3 Å². The van der Waals surface area contributed by atoms with Gasteiger partial charge in [-0.15, -0.1) is 0 Å². The van der Waals surface area contributed by atoms with Crippen molar-refractivity contribution in [2.75, 3.05) is 0 Å². The fourth-order valence-corrected chi connectivity index (χ4v) is 0.940. The minimum Gasteiger partial charge on any atom is -0.465 e. The van der Waals surface area contributed by atoms with Crippen molar-refractivity contribution in [3.05, 3.63) is 30.2 Å². The van der Waals surface area contributed by atoms with Gasteiger partial charge in [0, 0.05) is 0 Å². The molecule has 0 N–H and O–H groups in total. The monoisotopic (exact) mass is 222 g/mol. The van der Waals surface area contributed by atoms with Crippen LogP contribution in [0.15, 0.2) is 28.9 Å². The van der Waals surface area contributed by atoms with Gasteiger partial charge in [-0.2, -0.15) is 0 Å². The zero-order valence-corrected chi connectivity index (χ0v) is 9.52. The minimum absolute atomic E-state index is 0.511. The van der Waals surface area contributed by atoms with E-state index in [0.717, 1.165) is 6.08 Å². The van der Waals surface area contributed by atoms with Crippen LogP contribution in [0.3, 0.4) is 0 Å². The molecule has 1 aromatic heterocycles. The Kier molecular flexibility index (Phi) is 3.66. The topological polar surface area (TPSA) is 56.5 Å². The average Bonchev–Trinajstić information content (AvgIpc) is 2.63. The molecule has 16 heavy (non-hydrogen) atoms. The van der Waals surface area contributed by atoms with Gasteiger partial charge in [-0.05, 0) is 45.1 Å². The zero-order chi connectivity index (χ0) is 12.2. The third-order valence-electron chi connectivity index (χ3n) is 1.54. The predicted octanol–water partition coefficient (Wildman–Crippen LogP) is 2.20. The number of ether oxygens (including phenoxy) is 1. The van der Waals surface area contributed by atoms with Gasteiger partial charge in [0.05, 0.1) is 6.26 Å². The lowest BCUT2D eigenvalue weighted by Gasteiger charge is -2.17. The highest BCUT2D eigenvalue weighted by Crippen LogP contribution is 2.08. The van der Waals surface area contributed by atoms with Crippen molar-refractivity contribution >= 4 is 17.8 Å². The number of hydrogen-bond donors (Lipinski definition) is 0. The lowest BCUT2D eigenvalue weighted by Crippen LogP contribution is -2.27. The molecule has 0 unspecified atom stereocenters. The molecule has 0 aliphatic heterocycles. The number of esters is 1. The Hall–Kier alpha value is -1.84. The Morgan fingerprint density at radius 3 is 2.56 bits per heavy atom. The van der Waals surface area contributed by atoms with Crippen LogP contribution in [0.4, 0.5) is 0 Å². The Morgan fingerprint density at radius 2 is 2.06 bits per heavy atom. The van der Waals surface area contributed by atoms with Crippen molar-refractivity contribution in [1.29, 1.82) is 0 Å². The normalized spacial score (nSPS) is 11.7. The minimum atomic E-state index is -0.865. The summed E-state index contributed by atoms with van der Waals surface area (Å²) in [6.45, 7) is 5.11. The van der Waals surface area contributed by atoms with Gasteiger partial charge in [-0.25, -0.2) is 4.79 Å². The molecule has 0 spiro atoms. The molecule has 0 aromatic carbocycles. The SMILES string of the molecule is CC(C)(C)OC(=O)C(=O)/C=C\c1ccco1. The summed E-state index contributed by atoms with van der Waals surface area (Å²) in [5, 5.41) is 0. The van der Waals surface area contributed by atoms with Crippen LogP contribution in [0, 0.1) is 0 Å². The van der Waals surface area contributed by atoms with E-state index in [1.54, 1.807) is 32.9 Å². The van der Waals surface area contributed by atoms with Gasteiger partial charge < -0.3 is 9.15 Å². The number of furan rings is 1. The summed E-state index contributed by atoms with van der Waals surface area (Å²) < 4.78 is 9.87. The van der Waals surface area contributed by atoms with Gasteiger partial charge in [0.25, 0.3) is 5.78 Å². The molecule has 1 aromatic rings. The van der Waals surface area contributed by atoms with Crippen LogP contribution in [-0.4, -0.2) is 17.4 Å². The van der Waals surface area contributed by atoms with Crippen LogP contribution in [0.1, 0.15) is 26.5 Å². The summed E-state index contributed by atoms with van der Waals surface area (Å²) in [4.78, 5) is 22.6. The second-order valence-electron chi connectivity index (χ2n) is 4.21. The lowest BCUT2D eigenvalue weighted by molar-refractivity contribution is -0.160. The summed E-state index contributed by atoms with van der Waals surface area (Å²) in [7, 11) is 0. The van der Waals surface area contributed by atoms with E-state index in [9.17, 15) is 9.59 Å². The first kappa shape index (κ1) is 12.2. The van der Waals surface area contributed by atoms with Crippen LogP contribution >= 0.6 is 0 Å². The predicted molar refractivity (Wildman–Crippen MR) is 58.6 cm³/mol. The average molecular weight is 222 g/mol. The van der Waals surface area contributed by atoms with Gasteiger partial charge in [0.2, 0.25) is 0 Å². The lowest BCUT2D eigenvalue weighted by atomic mass is 10.2. The third kappa shape index (κ3) is 4.13. The molecule has 0 aliphatic rings. The quantitative estimate of drug-likeness (QED) is 0.447. The highest BCUT2D eigenvalue weighted by atomic mass is 16.6. The number of rotatable bonds is 3. The Balaban J connectivity index is 2.56. The van der Waals surface area contributed by atoms with Gasteiger partial charge in [-0.1, -0.05) is 0 Å². The number of ketones is 1. The van der Waals surface area contributed by atoms with E-state index in [2.05, 4.69) is 0 Å². The summed E-state index contributed by atoms with van der Waals surface area (Å²) in [6, 6.07) is 3.37. The molecule has 4 heteroatoms. The van der Waals surface area contributed by atoms with Crippen molar-refractivity contribution in [3.63, 3.8) is 0 Å². The highest BCUT2D eigenvalue weighted by molar-refractivity contribution is 6.39. The van der Waals surface area contributed by atoms with Crippen molar-refractivity contribution in [2.45, 2.75) is 26.4 Å². The molecule has 0 bridgehead atoms. The van der Waals surface area contributed by atoms with Crippen molar-refractivity contribution < 1.29 is 18.7 Å². The second-order valence-corrected chi connectivity index (χ2v) is 4.21. The van der Waals surface area contributed by atoms with Crippen molar-refractivity contribution in [1.82, 2.24) is 0 Å². The maximum atomic E-state index is 11.3. The van der Waals surface area contributed by atoms with Gasteiger partial charge in [-0.3, -0.25) is 4.79 Å². The third-order valence-corrected chi connectivity index (χ3v) is 1.54. The van der Waals surface area contributed by atoms with E-state index >= 15 is 0 Å². The Bertz CT molecular complexity index is 393. The van der Waals surface area contributed by atoms with E-state index in [-0.39, 0.29) is 0 Å². The molecule has 0 fully saturated rings. The Morgan fingerprint density at radius 1 is 1.38 bits per heavy atom. The van der Waals surface area contributed by atoms with Crippen LogP contribution < -0.4 is 0 Å². The number of carbonyl (C=O) groups excluding carboxylic acids is 2. The van der Waals surface area contributed by atoms with Crippen LogP contribution in [0.5, 0.6) is 0 Å². The van der Waals surface area contributed by atoms with Gasteiger partial charge in [0.1, 0.15) is 11.4 Å². The molecule has 0 radical (unpaired) electrons. The molecular formula is C12H14O4. The molecule has 4 nitrogen and oxygen atoms in total. The highest BCUT2D eigenvalue weighted by Gasteiger charge is 2.20. The molecule has 86 valence electrons. The van der Waals surface area contributed by atoms with Gasteiger partial charge in [0.15, 0.2) is 0 Å². The maximum absolute atomic E-state index is 11.3. The number of carbonyl (C=O) groups is 2. The first-order valence-corrected chi connectivity index (χ1v) is 4.87. The van der Waals surface area contributed by atoms with Crippen molar-refractivity contribution in [3.8, 4) is 0 Å². The summed E-state index contributed by atoms with van der Waals surface area (Å²) >= 11 is 0. The van der Waals surface area contributed by atoms with E-state index in [1.165, 1.54) is 12.3 Å². The molecule has 1 heterocycles. The standard InChI is InChI=1S/C12H14O4/c1-12(2,3)16-11(14)10(13)7-6-9-5-4-8-15-9/h4-8H,1-3H3/b7-6-. The fourth-order valence-electron chi connectivity index (χ4n) is 0.940.